The lowest BCUT2D eigenvalue weighted by atomic mass is 10.0. The maximum atomic E-state index is 13.1. The van der Waals surface area contributed by atoms with Crippen molar-refractivity contribution in [3.63, 3.8) is 0 Å². The molecule has 2 aromatic carbocycles. The smallest absolute Gasteiger partial charge is 0.343 e. The topological polar surface area (TPSA) is 86.6 Å². The van der Waals surface area contributed by atoms with Gasteiger partial charge in [-0.25, -0.2) is 4.79 Å². The lowest BCUT2D eigenvalue weighted by Crippen LogP contribution is -2.43. The molecule has 1 aliphatic heterocycles. The Morgan fingerprint density at radius 1 is 1.03 bits per heavy atom. The standard InChI is InChI=1S/C24H22N2O5/c1-30-24(29)19-14-26-18(12-16-8-4-2-5-9-16)13-25-23(28)20(26)22(21(19)27)31-15-17-10-6-3-7-11-17/h2-11,14,18H,12-13,15H2,1H3,(H,25,28). The summed E-state index contributed by atoms with van der Waals surface area (Å²) in [5, 5.41) is 2.84. The van der Waals surface area contributed by atoms with Gasteiger partial charge in [0.05, 0.1) is 13.2 Å². The molecule has 1 aliphatic rings. The molecule has 1 N–H and O–H groups in total. The van der Waals surface area contributed by atoms with Crippen LogP contribution in [0.5, 0.6) is 5.75 Å². The lowest BCUT2D eigenvalue weighted by Gasteiger charge is -2.30. The SMILES string of the molecule is COC(=O)c1cn2c(c(OCc3ccccc3)c1=O)C(=O)NCC2Cc1ccccc1. The van der Waals surface area contributed by atoms with E-state index in [0.29, 0.717) is 13.0 Å². The van der Waals surface area contributed by atoms with Gasteiger partial charge in [0, 0.05) is 12.7 Å². The average Bonchev–Trinajstić information content (AvgIpc) is 2.81. The summed E-state index contributed by atoms with van der Waals surface area (Å²) >= 11 is 0. The highest BCUT2D eigenvalue weighted by atomic mass is 16.5. The molecule has 0 fully saturated rings. The number of fused-ring (bicyclic) bond motifs is 1. The zero-order valence-corrected chi connectivity index (χ0v) is 17.0. The van der Waals surface area contributed by atoms with Gasteiger partial charge in [0.1, 0.15) is 12.2 Å². The molecule has 0 saturated heterocycles. The van der Waals surface area contributed by atoms with Crippen LogP contribution >= 0.6 is 0 Å². The molecule has 1 unspecified atom stereocenters. The van der Waals surface area contributed by atoms with Gasteiger partial charge in [-0.3, -0.25) is 9.59 Å². The van der Waals surface area contributed by atoms with Gasteiger partial charge < -0.3 is 19.4 Å². The Kier molecular flexibility index (Phi) is 5.84. The number of esters is 1. The van der Waals surface area contributed by atoms with Crippen LogP contribution in [0, 0.1) is 0 Å². The zero-order valence-electron chi connectivity index (χ0n) is 17.0. The Hall–Kier alpha value is -3.87. The van der Waals surface area contributed by atoms with Crippen molar-refractivity contribution in [2.75, 3.05) is 13.7 Å². The average molecular weight is 418 g/mol. The molecule has 3 aromatic rings. The van der Waals surface area contributed by atoms with Crippen molar-refractivity contribution < 1.29 is 19.1 Å². The molecule has 0 spiro atoms. The number of ether oxygens (including phenoxy) is 2. The van der Waals surface area contributed by atoms with Gasteiger partial charge in [-0.1, -0.05) is 60.7 Å². The summed E-state index contributed by atoms with van der Waals surface area (Å²) < 4.78 is 12.3. The van der Waals surface area contributed by atoms with Crippen LogP contribution in [0.2, 0.25) is 0 Å². The molecule has 0 radical (unpaired) electrons. The molecule has 0 aliphatic carbocycles. The second-order valence-electron chi connectivity index (χ2n) is 7.28. The van der Waals surface area contributed by atoms with Crippen LogP contribution in [0.25, 0.3) is 0 Å². The van der Waals surface area contributed by atoms with Crippen molar-refractivity contribution in [3.05, 3.63) is 99.5 Å². The first-order valence-corrected chi connectivity index (χ1v) is 9.94. The van der Waals surface area contributed by atoms with E-state index < -0.39 is 17.3 Å². The van der Waals surface area contributed by atoms with Gasteiger partial charge in [-0.15, -0.1) is 0 Å². The van der Waals surface area contributed by atoms with Crippen molar-refractivity contribution in [3.8, 4) is 5.75 Å². The number of methoxy groups -OCH3 is 1. The van der Waals surface area contributed by atoms with Crippen LogP contribution in [0.15, 0.2) is 71.7 Å². The van der Waals surface area contributed by atoms with Gasteiger partial charge in [-0.2, -0.15) is 0 Å². The minimum Gasteiger partial charge on any atom is -0.483 e. The summed E-state index contributed by atoms with van der Waals surface area (Å²) in [6, 6.07) is 18.9. The molecule has 4 rings (SSSR count). The number of aromatic nitrogens is 1. The number of benzene rings is 2. The highest BCUT2D eigenvalue weighted by Crippen LogP contribution is 2.26. The molecule has 31 heavy (non-hydrogen) atoms. The molecule has 0 bridgehead atoms. The highest BCUT2D eigenvalue weighted by molar-refractivity contribution is 5.98. The van der Waals surface area contributed by atoms with Crippen LogP contribution in [0.3, 0.4) is 0 Å². The van der Waals surface area contributed by atoms with Crippen LogP contribution in [0.4, 0.5) is 0 Å². The normalized spacial score (nSPS) is 15.0. The molecule has 1 aromatic heterocycles. The predicted molar refractivity (Wildman–Crippen MR) is 114 cm³/mol. The molecule has 0 saturated carbocycles. The number of amides is 1. The Balaban J connectivity index is 1.80. The van der Waals surface area contributed by atoms with E-state index in [1.807, 2.05) is 60.7 Å². The fourth-order valence-corrected chi connectivity index (χ4v) is 3.69. The van der Waals surface area contributed by atoms with Gasteiger partial charge in [0.15, 0.2) is 11.4 Å². The fourth-order valence-electron chi connectivity index (χ4n) is 3.69. The van der Waals surface area contributed by atoms with Crippen LogP contribution in [0.1, 0.15) is 38.0 Å². The first-order valence-electron chi connectivity index (χ1n) is 9.94. The van der Waals surface area contributed by atoms with E-state index >= 15 is 0 Å². The molecule has 7 heteroatoms. The number of pyridine rings is 1. The summed E-state index contributed by atoms with van der Waals surface area (Å²) in [4.78, 5) is 38.1. The highest BCUT2D eigenvalue weighted by Gasteiger charge is 2.32. The number of rotatable bonds is 6. The summed E-state index contributed by atoms with van der Waals surface area (Å²) in [6.07, 6.45) is 2.01. The summed E-state index contributed by atoms with van der Waals surface area (Å²) in [5.41, 5.74) is 1.19. The Labute approximate surface area is 179 Å². The van der Waals surface area contributed by atoms with E-state index in [-0.39, 0.29) is 29.7 Å². The number of nitrogens with one attached hydrogen (secondary N) is 1. The molecular formula is C24H22N2O5. The largest absolute Gasteiger partial charge is 0.483 e. The molecule has 7 nitrogen and oxygen atoms in total. The third-order valence-corrected chi connectivity index (χ3v) is 5.24. The third kappa shape index (κ3) is 4.21. The first-order chi connectivity index (χ1) is 15.1. The Morgan fingerprint density at radius 2 is 1.68 bits per heavy atom. The van der Waals surface area contributed by atoms with E-state index in [2.05, 4.69) is 5.32 Å². The first kappa shape index (κ1) is 20.4. The number of hydrogen-bond acceptors (Lipinski definition) is 5. The van der Waals surface area contributed by atoms with E-state index in [1.165, 1.54) is 13.3 Å². The van der Waals surface area contributed by atoms with Crippen LogP contribution in [-0.2, 0) is 17.8 Å². The predicted octanol–water partition coefficient (Wildman–Crippen LogP) is 2.74. The van der Waals surface area contributed by atoms with Gasteiger partial charge in [0.2, 0.25) is 5.43 Å². The minimum absolute atomic E-state index is 0.0876. The number of nitrogens with zero attached hydrogens (tertiary/aromatic N) is 1. The maximum absolute atomic E-state index is 13.1. The van der Waals surface area contributed by atoms with E-state index in [1.54, 1.807) is 4.57 Å². The third-order valence-electron chi connectivity index (χ3n) is 5.24. The second-order valence-corrected chi connectivity index (χ2v) is 7.28. The van der Waals surface area contributed by atoms with Gasteiger partial charge in [-0.05, 0) is 17.5 Å². The summed E-state index contributed by atoms with van der Waals surface area (Å²) in [7, 11) is 1.21. The Morgan fingerprint density at radius 3 is 2.32 bits per heavy atom. The van der Waals surface area contributed by atoms with Crippen molar-refractivity contribution in [1.82, 2.24) is 9.88 Å². The van der Waals surface area contributed by atoms with E-state index in [4.69, 9.17) is 9.47 Å². The van der Waals surface area contributed by atoms with Gasteiger partial charge in [0.25, 0.3) is 5.91 Å². The van der Waals surface area contributed by atoms with Crippen molar-refractivity contribution in [1.29, 1.82) is 0 Å². The van der Waals surface area contributed by atoms with E-state index in [9.17, 15) is 14.4 Å². The van der Waals surface area contributed by atoms with E-state index in [0.717, 1.165) is 11.1 Å². The maximum Gasteiger partial charge on any atom is 0.343 e. The van der Waals surface area contributed by atoms with Crippen molar-refractivity contribution in [2.45, 2.75) is 19.1 Å². The number of carbonyl (C=O) groups is 2. The lowest BCUT2D eigenvalue weighted by molar-refractivity contribution is 0.0595. The minimum atomic E-state index is -0.769. The number of hydrogen-bond donors (Lipinski definition) is 1. The summed E-state index contributed by atoms with van der Waals surface area (Å²) in [6.45, 7) is 0.451. The Bertz CT molecular complexity index is 1160. The van der Waals surface area contributed by atoms with Crippen molar-refractivity contribution >= 4 is 11.9 Å². The monoisotopic (exact) mass is 418 g/mol. The number of carbonyl (C=O) groups excluding carboxylic acids is 2. The molecule has 1 amide bonds. The van der Waals surface area contributed by atoms with Crippen LogP contribution in [-0.4, -0.2) is 30.1 Å². The quantitative estimate of drug-likeness (QED) is 0.622. The zero-order chi connectivity index (χ0) is 21.8. The summed E-state index contributed by atoms with van der Waals surface area (Å²) in [5.74, 6) is -1.34. The van der Waals surface area contributed by atoms with Crippen LogP contribution < -0.4 is 15.5 Å². The second kappa shape index (κ2) is 8.87. The molecule has 158 valence electrons. The fraction of sp³-hybridized carbons (Fsp3) is 0.208. The van der Waals surface area contributed by atoms with Crippen molar-refractivity contribution in [2.24, 2.45) is 0 Å². The van der Waals surface area contributed by atoms with Gasteiger partial charge >= 0.3 is 5.97 Å². The molecular weight excluding hydrogens is 396 g/mol. The molecule has 2 heterocycles. The molecule has 1 atom stereocenters.